The molecular weight excluding hydrogens is 426 g/mol. The van der Waals surface area contributed by atoms with E-state index in [0.717, 1.165) is 40.8 Å². The number of ether oxygens (including phenoxy) is 2. The van der Waals surface area contributed by atoms with Crippen LogP contribution >= 0.6 is 11.3 Å². The van der Waals surface area contributed by atoms with E-state index in [9.17, 15) is 14.4 Å². The summed E-state index contributed by atoms with van der Waals surface area (Å²) >= 11 is 1.44. The number of amides is 1. The van der Waals surface area contributed by atoms with E-state index in [0.29, 0.717) is 28.1 Å². The highest BCUT2D eigenvalue weighted by Crippen LogP contribution is 2.40. The molecule has 0 spiro atoms. The Morgan fingerprint density at radius 3 is 2.72 bits per heavy atom. The van der Waals surface area contributed by atoms with Gasteiger partial charge >= 0.3 is 11.9 Å². The van der Waals surface area contributed by atoms with Crippen molar-refractivity contribution in [3.8, 4) is 0 Å². The molecule has 1 unspecified atom stereocenters. The Morgan fingerprint density at radius 2 is 1.94 bits per heavy atom. The lowest BCUT2D eigenvalue weighted by molar-refractivity contribution is 0.0252. The molecule has 162 valence electrons. The summed E-state index contributed by atoms with van der Waals surface area (Å²) < 4.78 is 10.5. The van der Waals surface area contributed by atoms with Gasteiger partial charge in [0.25, 0.3) is 5.91 Å². The summed E-state index contributed by atoms with van der Waals surface area (Å²) in [7, 11) is 1.35. The van der Waals surface area contributed by atoms with Gasteiger partial charge in [-0.1, -0.05) is 30.3 Å². The number of hydrogen-bond donors (Lipinski definition) is 1. The van der Waals surface area contributed by atoms with Crippen LogP contribution in [0.5, 0.6) is 0 Å². The van der Waals surface area contributed by atoms with Gasteiger partial charge in [0.1, 0.15) is 11.1 Å². The fourth-order valence-electron chi connectivity index (χ4n) is 4.38. The summed E-state index contributed by atoms with van der Waals surface area (Å²) in [6, 6.07) is 14.5. The molecule has 5 rings (SSSR count). The molecule has 1 aliphatic heterocycles. The van der Waals surface area contributed by atoms with Crippen molar-refractivity contribution in [2.24, 2.45) is 0 Å². The number of carbonyl (C=O) groups excluding carboxylic acids is 3. The van der Waals surface area contributed by atoms with Crippen molar-refractivity contribution in [1.29, 1.82) is 0 Å². The molecule has 0 fully saturated rings. The predicted molar refractivity (Wildman–Crippen MR) is 120 cm³/mol. The molecule has 7 heteroatoms. The van der Waals surface area contributed by atoms with Crippen LogP contribution in [0.3, 0.4) is 0 Å². The van der Waals surface area contributed by atoms with E-state index in [2.05, 4.69) is 5.32 Å². The van der Waals surface area contributed by atoms with Crippen molar-refractivity contribution >= 4 is 34.2 Å². The number of carbonyl (C=O) groups is 3. The van der Waals surface area contributed by atoms with Gasteiger partial charge in [-0.15, -0.1) is 11.3 Å². The van der Waals surface area contributed by atoms with E-state index in [1.807, 2.05) is 30.3 Å². The Bertz CT molecular complexity index is 1230. The van der Waals surface area contributed by atoms with Crippen LogP contribution < -0.4 is 5.32 Å². The van der Waals surface area contributed by atoms with Crippen LogP contribution in [0.25, 0.3) is 0 Å². The number of thiophene rings is 1. The van der Waals surface area contributed by atoms with Crippen molar-refractivity contribution in [2.45, 2.75) is 31.8 Å². The highest BCUT2D eigenvalue weighted by molar-refractivity contribution is 7.17. The molecule has 0 radical (unpaired) electrons. The highest BCUT2D eigenvalue weighted by Gasteiger charge is 2.30. The number of hydrogen-bond acceptors (Lipinski definition) is 6. The zero-order valence-corrected chi connectivity index (χ0v) is 18.3. The number of rotatable bonds is 4. The van der Waals surface area contributed by atoms with E-state index in [1.54, 1.807) is 18.2 Å². The molecule has 2 aliphatic rings. The van der Waals surface area contributed by atoms with Gasteiger partial charge in [0.2, 0.25) is 0 Å². The molecule has 0 saturated carbocycles. The van der Waals surface area contributed by atoms with E-state index in [-0.39, 0.29) is 12.0 Å². The number of methoxy groups -OCH3 is 1. The fraction of sp³-hybridized carbons (Fsp3) is 0.240. The zero-order valence-electron chi connectivity index (χ0n) is 17.5. The van der Waals surface area contributed by atoms with Gasteiger partial charge in [-0.25, -0.2) is 9.59 Å². The third kappa shape index (κ3) is 3.58. The molecule has 3 aromatic rings. The smallest absolute Gasteiger partial charge is 0.341 e. The normalized spacial score (nSPS) is 16.7. The average molecular weight is 448 g/mol. The second kappa shape index (κ2) is 8.24. The number of cyclic esters (lactones) is 1. The number of nitrogens with one attached hydrogen (secondary N) is 1. The number of fused-ring (bicyclic) bond motifs is 2. The molecule has 0 bridgehead atoms. The SMILES string of the molecule is COC(=O)c1c(NC(=O)c2ccc3c(c2)CC(c2ccccc2)OC3=O)sc2c1CCC2. The maximum atomic E-state index is 13.1. The van der Waals surface area contributed by atoms with Crippen LogP contribution in [0, 0.1) is 0 Å². The highest BCUT2D eigenvalue weighted by atomic mass is 32.1. The summed E-state index contributed by atoms with van der Waals surface area (Å²) in [5, 5.41) is 3.41. The van der Waals surface area contributed by atoms with E-state index >= 15 is 0 Å². The van der Waals surface area contributed by atoms with Gasteiger partial charge < -0.3 is 14.8 Å². The van der Waals surface area contributed by atoms with Gasteiger partial charge in [0, 0.05) is 16.9 Å². The topological polar surface area (TPSA) is 81.7 Å². The zero-order chi connectivity index (χ0) is 22.2. The van der Waals surface area contributed by atoms with E-state index in [1.165, 1.54) is 18.4 Å². The number of anilines is 1. The van der Waals surface area contributed by atoms with E-state index in [4.69, 9.17) is 9.47 Å². The average Bonchev–Trinajstić information content (AvgIpc) is 3.39. The Balaban J connectivity index is 1.42. The lowest BCUT2D eigenvalue weighted by atomic mass is 9.93. The van der Waals surface area contributed by atoms with Crippen LogP contribution in [0.1, 0.15) is 65.2 Å². The third-order valence-electron chi connectivity index (χ3n) is 5.95. The van der Waals surface area contributed by atoms with Crippen LogP contribution in [0.15, 0.2) is 48.5 Å². The Kier molecular flexibility index (Phi) is 5.27. The standard InChI is InChI=1S/C25H21NO5S/c1-30-25(29)21-18-8-5-9-20(18)32-23(21)26-22(27)15-10-11-17-16(12-15)13-19(31-24(17)28)14-6-3-2-4-7-14/h2-4,6-7,10-12,19H,5,8-9,13H2,1H3,(H,26,27). The fourth-order valence-corrected chi connectivity index (χ4v) is 5.65. The van der Waals surface area contributed by atoms with Crippen LogP contribution in [-0.2, 0) is 28.7 Å². The first-order valence-corrected chi connectivity index (χ1v) is 11.3. The minimum Gasteiger partial charge on any atom is -0.465 e. The van der Waals surface area contributed by atoms with Gasteiger partial charge in [-0.2, -0.15) is 0 Å². The molecule has 1 atom stereocenters. The van der Waals surface area contributed by atoms with Gasteiger partial charge in [0.05, 0.1) is 18.2 Å². The minimum atomic E-state index is -0.432. The molecule has 32 heavy (non-hydrogen) atoms. The van der Waals surface area contributed by atoms with Crippen molar-refractivity contribution in [2.75, 3.05) is 12.4 Å². The quantitative estimate of drug-likeness (QED) is 0.585. The molecule has 2 heterocycles. The number of esters is 2. The Hall–Kier alpha value is -3.45. The first-order chi connectivity index (χ1) is 15.5. The second-order valence-electron chi connectivity index (χ2n) is 7.89. The summed E-state index contributed by atoms with van der Waals surface area (Å²) in [6.45, 7) is 0. The lowest BCUT2D eigenvalue weighted by Crippen LogP contribution is -2.23. The van der Waals surface area contributed by atoms with Crippen LogP contribution in [0.2, 0.25) is 0 Å². The minimum absolute atomic E-state index is 0.326. The first kappa shape index (κ1) is 20.5. The predicted octanol–water partition coefficient (Wildman–Crippen LogP) is 4.73. The maximum Gasteiger partial charge on any atom is 0.341 e. The Morgan fingerprint density at radius 1 is 1.12 bits per heavy atom. The molecule has 6 nitrogen and oxygen atoms in total. The molecule has 1 amide bonds. The van der Waals surface area contributed by atoms with Crippen molar-refractivity contribution in [3.63, 3.8) is 0 Å². The van der Waals surface area contributed by atoms with Crippen LogP contribution in [-0.4, -0.2) is 25.0 Å². The summed E-state index contributed by atoms with van der Waals surface area (Å²) in [4.78, 5) is 39.0. The largest absolute Gasteiger partial charge is 0.465 e. The Labute approximate surface area is 189 Å². The molecular formula is C25H21NO5S. The molecule has 1 aliphatic carbocycles. The van der Waals surface area contributed by atoms with Gasteiger partial charge in [-0.3, -0.25) is 4.79 Å². The summed E-state index contributed by atoms with van der Waals surface area (Å²) in [6.07, 6.45) is 2.83. The molecule has 1 aromatic heterocycles. The van der Waals surface area contributed by atoms with Crippen molar-refractivity contribution in [3.05, 3.63) is 86.8 Å². The summed E-state index contributed by atoms with van der Waals surface area (Å²) in [5.41, 5.74) is 4.02. The van der Waals surface area contributed by atoms with Gasteiger partial charge in [0.15, 0.2) is 0 Å². The molecule has 1 N–H and O–H groups in total. The van der Waals surface area contributed by atoms with Gasteiger partial charge in [-0.05, 0) is 54.2 Å². The summed E-state index contributed by atoms with van der Waals surface area (Å²) in [5.74, 6) is -1.15. The molecule has 2 aromatic carbocycles. The lowest BCUT2D eigenvalue weighted by Gasteiger charge is -2.25. The van der Waals surface area contributed by atoms with E-state index < -0.39 is 11.9 Å². The maximum absolute atomic E-state index is 13.1. The monoisotopic (exact) mass is 447 g/mol. The third-order valence-corrected chi connectivity index (χ3v) is 7.16. The number of benzene rings is 2. The first-order valence-electron chi connectivity index (χ1n) is 10.5. The van der Waals surface area contributed by atoms with Crippen molar-refractivity contribution < 1.29 is 23.9 Å². The second-order valence-corrected chi connectivity index (χ2v) is 8.99. The van der Waals surface area contributed by atoms with Crippen molar-refractivity contribution in [1.82, 2.24) is 0 Å². The van der Waals surface area contributed by atoms with Crippen LogP contribution in [0.4, 0.5) is 5.00 Å². The molecule has 0 saturated heterocycles. The number of aryl methyl sites for hydroxylation is 1.